The van der Waals surface area contributed by atoms with Gasteiger partial charge in [-0.05, 0) is 41.5 Å². The Morgan fingerprint density at radius 1 is 0.833 bits per heavy atom. The predicted octanol–water partition coefficient (Wildman–Crippen LogP) is 6.69. The number of carbonyl (C=O) groups excluding carboxylic acids is 1. The number of nitrogens with zero attached hydrogens (tertiary/aromatic N) is 1. The van der Waals surface area contributed by atoms with Crippen molar-refractivity contribution in [3.05, 3.63) is 136 Å². The molecular formula is C30H22ClNO4. The number of methoxy groups -OCH3 is 1. The molecule has 1 amide bonds. The zero-order valence-electron chi connectivity index (χ0n) is 19.4. The van der Waals surface area contributed by atoms with Gasteiger partial charge in [0.05, 0.1) is 16.8 Å². The minimum absolute atomic E-state index is 0.122. The van der Waals surface area contributed by atoms with E-state index < -0.39 is 12.2 Å². The summed E-state index contributed by atoms with van der Waals surface area (Å²) in [5.41, 5.74) is 5.21. The molecule has 0 fully saturated rings. The van der Waals surface area contributed by atoms with Crippen LogP contribution < -0.4 is 4.90 Å². The first-order valence-electron chi connectivity index (χ1n) is 11.3. The molecule has 4 aromatic rings. The Balaban J connectivity index is 1.74. The quantitative estimate of drug-likeness (QED) is 0.303. The summed E-state index contributed by atoms with van der Waals surface area (Å²) in [6, 6.07) is 31.2. The highest BCUT2D eigenvalue weighted by molar-refractivity contribution is 6.39. The molecule has 1 aliphatic rings. The Kier molecular flexibility index (Phi) is 6.42. The van der Waals surface area contributed by atoms with E-state index in [1.54, 1.807) is 29.2 Å². The molecule has 1 atom stereocenters. The Hall–Kier alpha value is -4.19. The lowest BCUT2D eigenvalue weighted by Gasteiger charge is -2.27. The first-order valence-corrected chi connectivity index (χ1v) is 11.7. The van der Waals surface area contributed by atoms with Crippen LogP contribution in [-0.4, -0.2) is 24.1 Å². The zero-order valence-corrected chi connectivity index (χ0v) is 20.1. The SMILES string of the molecule is COC(c1cccc(C(=O)O)c1)N1C(=O)/C(=C(\c2ccccc2)c2ccc(Cl)cc2)c2ccccc21. The number of hydrogen-bond donors (Lipinski definition) is 1. The molecule has 0 aliphatic carbocycles. The van der Waals surface area contributed by atoms with Crippen molar-refractivity contribution in [3.8, 4) is 0 Å². The van der Waals surface area contributed by atoms with Gasteiger partial charge in [-0.3, -0.25) is 9.69 Å². The van der Waals surface area contributed by atoms with Gasteiger partial charge < -0.3 is 9.84 Å². The number of halogens is 1. The number of rotatable bonds is 6. The van der Waals surface area contributed by atoms with E-state index in [1.165, 1.54) is 19.2 Å². The summed E-state index contributed by atoms with van der Waals surface area (Å²) >= 11 is 6.17. The van der Waals surface area contributed by atoms with Crippen LogP contribution in [0.25, 0.3) is 11.1 Å². The number of amides is 1. The topological polar surface area (TPSA) is 66.8 Å². The number of carboxylic acids is 1. The standard InChI is InChI=1S/C30H22ClNO4/c1-36-29(21-10-7-11-22(18-21)30(34)35)32-25-13-6-5-12-24(25)27(28(32)33)26(19-8-3-2-4-9-19)20-14-16-23(31)17-15-20/h2-18,29H,1H3,(H,34,35)/b27-26+. The summed E-state index contributed by atoms with van der Waals surface area (Å²) in [5, 5.41) is 10.1. The van der Waals surface area contributed by atoms with E-state index in [-0.39, 0.29) is 11.5 Å². The fourth-order valence-electron chi connectivity index (χ4n) is 4.61. The van der Waals surface area contributed by atoms with Crippen LogP contribution in [0.4, 0.5) is 5.69 Å². The molecule has 36 heavy (non-hydrogen) atoms. The van der Waals surface area contributed by atoms with E-state index in [0.29, 0.717) is 21.8 Å². The van der Waals surface area contributed by atoms with Crippen molar-refractivity contribution in [2.24, 2.45) is 0 Å². The van der Waals surface area contributed by atoms with Crippen LogP contribution in [0.5, 0.6) is 0 Å². The third-order valence-corrected chi connectivity index (χ3v) is 6.44. The summed E-state index contributed by atoms with van der Waals surface area (Å²) in [5.74, 6) is -1.29. The largest absolute Gasteiger partial charge is 0.478 e. The molecule has 178 valence electrons. The fraction of sp³-hybridized carbons (Fsp3) is 0.0667. The van der Waals surface area contributed by atoms with Gasteiger partial charge in [0.25, 0.3) is 5.91 Å². The maximum Gasteiger partial charge on any atom is 0.335 e. The van der Waals surface area contributed by atoms with E-state index in [4.69, 9.17) is 16.3 Å². The van der Waals surface area contributed by atoms with Crippen LogP contribution in [0.2, 0.25) is 5.02 Å². The molecule has 1 heterocycles. The van der Waals surface area contributed by atoms with Crippen molar-refractivity contribution >= 4 is 40.3 Å². The lowest BCUT2D eigenvalue weighted by molar-refractivity contribution is -0.115. The first-order chi connectivity index (χ1) is 17.5. The third-order valence-electron chi connectivity index (χ3n) is 6.19. The number of ether oxygens (including phenoxy) is 1. The number of aromatic carboxylic acids is 1. The van der Waals surface area contributed by atoms with Gasteiger partial charge in [0, 0.05) is 28.8 Å². The second-order valence-corrected chi connectivity index (χ2v) is 8.77. The van der Waals surface area contributed by atoms with Crippen molar-refractivity contribution in [3.63, 3.8) is 0 Å². The first kappa shape index (κ1) is 23.5. The van der Waals surface area contributed by atoms with Crippen molar-refractivity contribution in [2.75, 3.05) is 12.0 Å². The highest BCUT2D eigenvalue weighted by Gasteiger charge is 2.40. The van der Waals surface area contributed by atoms with Gasteiger partial charge in [-0.2, -0.15) is 0 Å². The Labute approximate surface area is 213 Å². The van der Waals surface area contributed by atoms with Crippen molar-refractivity contribution in [1.82, 2.24) is 0 Å². The van der Waals surface area contributed by atoms with Gasteiger partial charge in [-0.1, -0.05) is 84.4 Å². The number of benzene rings is 4. The average molecular weight is 496 g/mol. The van der Waals surface area contributed by atoms with Crippen LogP contribution in [-0.2, 0) is 9.53 Å². The second kappa shape index (κ2) is 9.82. The maximum atomic E-state index is 14.3. The molecule has 4 aromatic carbocycles. The minimum Gasteiger partial charge on any atom is -0.478 e. The Morgan fingerprint density at radius 2 is 1.47 bits per heavy atom. The molecule has 0 spiro atoms. The summed E-state index contributed by atoms with van der Waals surface area (Å²) in [6.07, 6.45) is -0.822. The van der Waals surface area contributed by atoms with Gasteiger partial charge in [-0.25, -0.2) is 4.79 Å². The summed E-state index contributed by atoms with van der Waals surface area (Å²) in [6.45, 7) is 0. The van der Waals surface area contributed by atoms with Crippen molar-refractivity contribution in [2.45, 2.75) is 6.23 Å². The molecule has 1 aliphatic heterocycles. The number of para-hydroxylation sites is 1. The van der Waals surface area contributed by atoms with Crippen molar-refractivity contribution < 1.29 is 19.4 Å². The molecule has 6 heteroatoms. The van der Waals surface area contributed by atoms with Gasteiger partial charge in [0.15, 0.2) is 6.23 Å². The second-order valence-electron chi connectivity index (χ2n) is 8.33. The maximum absolute atomic E-state index is 14.3. The number of anilines is 1. The van der Waals surface area contributed by atoms with E-state index in [2.05, 4.69) is 0 Å². The summed E-state index contributed by atoms with van der Waals surface area (Å²) in [4.78, 5) is 27.4. The molecule has 5 rings (SSSR count). The molecule has 0 radical (unpaired) electrons. The third kappa shape index (κ3) is 4.19. The summed E-state index contributed by atoms with van der Waals surface area (Å²) in [7, 11) is 1.51. The lowest BCUT2D eigenvalue weighted by atomic mass is 9.90. The number of carbonyl (C=O) groups is 2. The number of hydrogen-bond acceptors (Lipinski definition) is 3. The molecule has 0 aromatic heterocycles. The monoisotopic (exact) mass is 495 g/mol. The molecule has 1 N–H and O–H groups in total. The molecular weight excluding hydrogens is 474 g/mol. The highest BCUT2D eigenvalue weighted by atomic mass is 35.5. The normalized spacial score (nSPS) is 14.9. The van der Waals surface area contributed by atoms with Crippen LogP contribution >= 0.6 is 11.6 Å². The van der Waals surface area contributed by atoms with Crippen molar-refractivity contribution in [1.29, 1.82) is 0 Å². The van der Waals surface area contributed by atoms with Gasteiger partial charge in [0.1, 0.15) is 0 Å². The van der Waals surface area contributed by atoms with Crippen LogP contribution in [0, 0.1) is 0 Å². The molecule has 0 bridgehead atoms. The highest BCUT2D eigenvalue weighted by Crippen LogP contribution is 2.46. The Morgan fingerprint density at radius 3 is 2.17 bits per heavy atom. The smallest absolute Gasteiger partial charge is 0.335 e. The Bertz CT molecular complexity index is 1480. The van der Waals surface area contributed by atoms with Crippen LogP contribution in [0.3, 0.4) is 0 Å². The van der Waals surface area contributed by atoms with E-state index in [0.717, 1.165) is 22.3 Å². The van der Waals surface area contributed by atoms with E-state index in [1.807, 2.05) is 66.7 Å². The lowest BCUT2D eigenvalue weighted by Crippen LogP contribution is -2.33. The summed E-state index contributed by atoms with van der Waals surface area (Å²) < 4.78 is 5.81. The molecule has 0 saturated heterocycles. The van der Waals surface area contributed by atoms with E-state index >= 15 is 0 Å². The fourth-order valence-corrected chi connectivity index (χ4v) is 4.73. The molecule has 1 unspecified atom stereocenters. The van der Waals surface area contributed by atoms with Crippen LogP contribution in [0.15, 0.2) is 103 Å². The predicted molar refractivity (Wildman–Crippen MR) is 141 cm³/mol. The van der Waals surface area contributed by atoms with Gasteiger partial charge in [0.2, 0.25) is 0 Å². The van der Waals surface area contributed by atoms with Gasteiger partial charge >= 0.3 is 5.97 Å². The minimum atomic E-state index is -1.05. The average Bonchev–Trinajstić information content (AvgIpc) is 3.18. The van der Waals surface area contributed by atoms with E-state index in [9.17, 15) is 14.7 Å². The van der Waals surface area contributed by atoms with Crippen LogP contribution in [0.1, 0.15) is 38.8 Å². The number of fused-ring (bicyclic) bond motifs is 1. The number of carboxylic acid groups (broad SMARTS) is 1. The zero-order chi connectivity index (χ0) is 25.2. The van der Waals surface area contributed by atoms with Gasteiger partial charge in [-0.15, -0.1) is 0 Å². The molecule has 5 nitrogen and oxygen atoms in total. The molecule has 0 saturated carbocycles.